The number of aliphatic hydroxyl groups excluding tert-OH is 2. The largest absolute Gasteiger partial charge is 0.491 e. The number of ether oxygens (including phenoxy) is 1. The fourth-order valence-corrected chi connectivity index (χ4v) is 1.10. The van der Waals surface area contributed by atoms with E-state index in [1.54, 1.807) is 6.07 Å². The van der Waals surface area contributed by atoms with Crippen molar-refractivity contribution in [1.82, 2.24) is 0 Å². The molecule has 0 saturated carbocycles. The van der Waals surface area contributed by atoms with Gasteiger partial charge in [0.1, 0.15) is 18.2 Å². The van der Waals surface area contributed by atoms with Gasteiger partial charge < -0.3 is 14.9 Å². The smallest absolute Gasteiger partial charge is 0.132 e. The second kappa shape index (κ2) is 4.93. The van der Waals surface area contributed by atoms with Gasteiger partial charge in [-0.05, 0) is 19.1 Å². The standard InChI is InChI=1S/C10H13FO3/c1-7(13)9-3-2-8(6-10(9)11)14-5-4-12/h2-3,6-7,12-13H,4-5H2,1H3. The zero-order valence-electron chi connectivity index (χ0n) is 7.90. The summed E-state index contributed by atoms with van der Waals surface area (Å²) in [7, 11) is 0. The molecule has 0 amide bonds. The number of hydrogen-bond acceptors (Lipinski definition) is 3. The zero-order valence-corrected chi connectivity index (χ0v) is 7.90. The summed E-state index contributed by atoms with van der Waals surface area (Å²) in [6, 6.07) is 4.21. The van der Waals surface area contributed by atoms with Gasteiger partial charge in [0.15, 0.2) is 0 Å². The first-order valence-corrected chi connectivity index (χ1v) is 4.36. The van der Waals surface area contributed by atoms with Crippen molar-refractivity contribution in [3.8, 4) is 5.75 Å². The number of aliphatic hydroxyl groups is 2. The van der Waals surface area contributed by atoms with Crippen LogP contribution in [0, 0.1) is 5.82 Å². The lowest BCUT2D eigenvalue weighted by molar-refractivity contribution is 0.191. The van der Waals surface area contributed by atoms with Crippen LogP contribution < -0.4 is 4.74 Å². The average Bonchev–Trinajstić information content (AvgIpc) is 2.14. The van der Waals surface area contributed by atoms with E-state index in [2.05, 4.69) is 0 Å². The normalized spacial score (nSPS) is 12.6. The molecule has 0 aliphatic carbocycles. The molecular weight excluding hydrogens is 187 g/mol. The molecule has 0 aliphatic rings. The molecule has 0 bridgehead atoms. The first-order chi connectivity index (χ1) is 6.65. The molecule has 1 aromatic carbocycles. The molecule has 4 heteroatoms. The maximum Gasteiger partial charge on any atom is 0.132 e. The highest BCUT2D eigenvalue weighted by Crippen LogP contribution is 2.21. The molecule has 14 heavy (non-hydrogen) atoms. The van der Waals surface area contributed by atoms with Gasteiger partial charge in [-0.3, -0.25) is 0 Å². The fourth-order valence-electron chi connectivity index (χ4n) is 1.10. The van der Waals surface area contributed by atoms with Gasteiger partial charge >= 0.3 is 0 Å². The van der Waals surface area contributed by atoms with Gasteiger partial charge in [-0.15, -0.1) is 0 Å². The van der Waals surface area contributed by atoms with Crippen LogP contribution in [-0.2, 0) is 0 Å². The number of halogens is 1. The predicted octanol–water partition coefficient (Wildman–Crippen LogP) is 1.25. The molecule has 0 heterocycles. The van der Waals surface area contributed by atoms with Crippen molar-refractivity contribution in [2.75, 3.05) is 13.2 Å². The molecular formula is C10H13FO3. The molecule has 1 atom stereocenters. The molecule has 0 fully saturated rings. The van der Waals surface area contributed by atoms with E-state index in [0.29, 0.717) is 5.75 Å². The molecule has 0 spiro atoms. The summed E-state index contributed by atoms with van der Waals surface area (Å²) < 4.78 is 18.2. The quantitative estimate of drug-likeness (QED) is 0.769. The van der Waals surface area contributed by atoms with Crippen LogP contribution in [0.3, 0.4) is 0 Å². The maximum atomic E-state index is 13.2. The Labute approximate surface area is 81.8 Å². The molecule has 1 unspecified atom stereocenters. The molecule has 1 aromatic rings. The molecule has 0 aliphatic heterocycles. The van der Waals surface area contributed by atoms with Crippen LogP contribution in [0.1, 0.15) is 18.6 Å². The van der Waals surface area contributed by atoms with Gasteiger partial charge in [0.2, 0.25) is 0 Å². The van der Waals surface area contributed by atoms with Crippen LogP contribution in [0.4, 0.5) is 4.39 Å². The van der Waals surface area contributed by atoms with Crippen LogP contribution in [0.15, 0.2) is 18.2 Å². The number of hydrogen-bond donors (Lipinski definition) is 2. The fraction of sp³-hybridized carbons (Fsp3) is 0.400. The van der Waals surface area contributed by atoms with E-state index in [0.717, 1.165) is 0 Å². The Balaban J connectivity index is 2.78. The van der Waals surface area contributed by atoms with Gasteiger partial charge in [0, 0.05) is 11.6 Å². The summed E-state index contributed by atoms with van der Waals surface area (Å²) in [5.74, 6) is -0.156. The summed E-state index contributed by atoms with van der Waals surface area (Å²) in [5, 5.41) is 17.6. The Hall–Kier alpha value is -1.13. The molecule has 3 nitrogen and oxygen atoms in total. The third kappa shape index (κ3) is 2.68. The number of benzene rings is 1. The minimum Gasteiger partial charge on any atom is -0.491 e. The monoisotopic (exact) mass is 200 g/mol. The Kier molecular flexibility index (Phi) is 3.85. The van der Waals surface area contributed by atoms with Crippen LogP contribution in [-0.4, -0.2) is 23.4 Å². The first kappa shape index (κ1) is 10.9. The van der Waals surface area contributed by atoms with Crippen molar-refractivity contribution in [2.45, 2.75) is 13.0 Å². The third-order valence-corrected chi connectivity index (χ3v) is 1.78. The highest BCUT2D eigenvalue weighted by atomic mass is 19.1. The summed E-state index contributed by atoms with van der Waals surface area (Å²) in [4.78, 5) is 0. The van der Waals surface area contributed by atoms with Gasteiger partial charge in [0.25, 0.3) is 0 Å². The average molecular weight is 200 g/mol. The highest BCUT2D eigenvalue weighted by molar-refractivity contribution is 5.29. The van der Waals surface area contributed by atoms with Crippen molar-refractivity contribution in [2.24, 2.45) is 0 Å². The lowest BCUT2D eigenvalue weighted by Crippen LogP contribution is -2.03. The minimum absolute atomic E-state index is 0.111. The SMILES string of the molecule is CC(O)c1ccc(OCCO)cc1F. The molecule has 0 aromatic heterocycles. The topological polar surface area (TPSA) is 49.7 Å². The molecule has 0 radical (unpaired) electrons. The van der Waals surface area contributed by atoms with E-state index >= 15 is 0 Å². The second-order valence-electron chi connectivity index (χ2n) is 2.93. The van der Waals surface area contributed by atoms with Crippen molar-refractivity contribution in [3.05, 3.63) is 29.6 Å². The maximum absolute atomic E-state index is 13.2. The molecule has 0 saturated heterocycles. The van der Waals surface area contributed by atoms with E-state index in [1.165, 1.54) is 19.1 Å². The summed E-state index contributed by atoms with van der Waals surface area (Å²) in [6.45, 7) is 1.51. The zero-order chi connectivity index (χ0) is 10.6. The third-order valence-electron chi connectivity index (χ3n) is 1.78. The van der Waals surface area contributed by atoms with Crippen LogP contribution >= 0.6 is 0 Å². The summed E-state index contributed by atoms with van der Waals surface area (Å²) in [5.41, 5.74) is 0.237. The molecule has 1 rings (SSSR count). The molecule has 2 N–H and O–H groups in total. The summed E-state index contributed by atoms with van der Waals surface area (Å²) in [6.07, 6.45) is -0.832. The Morgan fingerprint density at radius 1 is 1.50 bits per heavy atom. The lowest BCUT2D eigenvalue weighted by atomic mass is 10.1. The van der Waals surface area contributed by atoms with E-state index in [1.807, 2.05) is 0 Å². The van der Waals surface area contributed by atoms with Crippen LogP contribution in [0.5, 0.6) is 5.75 Å². The van der Waals surface area contributed by atoms with Crippen molar-refractivity contribution >= 4 is 0 Å². The van der Waals surface area contributed by atoms with E-state index < -0.39 is 11.9 Å². The Bertz CT molecular complexity index is 299. The number of rotatable bonds is 4. The highest BCUT2D eigenvalue weighted by Gasteiger charge is 2.08. The van der Waals surface area contributed by atoms with Crippen LogP contribution in [0.25, 0.3) is 0 Å². The van der Waals surface area contributed by atoms with E-state index in [9.17, 15) is 4.39 Å². The Morgan fingerprint density at radius 2 is 2.21 bits per heavy atom. The van der Waals surface area contributed by atoms with Gasteiger partial charge in [-0.1, -0.05) is 0 Å². The van der Waals surface area contributed by atoms with E-state index in [-0.39, 0.29) is 18.8 Å². The second-order valence-corrected chi connectivity index (χ2v) is 2.93. The lowest BCUT2D eigenvalue weighted by Gasteiger charge is -2.08. The van der Waals surface area contributed by atoms with Crippen molar-refractivity contribution in [1.29, 1.82) is 0 Å². The Morgan fingerprint density at radius 3 is 2.71 bits per heavy atom. The van der Waals surface area contributed by atoms with Crippen molar-refractivity contribution < 1.29 is 19.3 Å². The van der Waals surface area contributed by atoms with Gasteiger partial charge in [-0.25, -0.2) is 4.39 Å². The first-order valence-electron chi connectivity index (χ1n) is 4.36. The predicted molar refractivity (Wildman–Crippen MR) is 49.6 cm³/mol. The molecule has 78 valence electrons. The van der Waals surface area contributed by atoms with Gasteiger partial charge in [-0.2, -0.15) is 0 Å². The van der Waals surface area contributed by atoms with Gasteiger partial charge in [0.05, 0.1) is 12.7 Å². The van der Waals surface area contributed by atoms with Crippen LogP contribution in [0.2, 0.25) is 0 Å². The summed E-state index contributed by atoms with van der Waals surface area (Å²) >= 11 is 0. The van der Waals surface area contributed by atoms with E-state index in [4.69, 9.17) is 14.9 Å². The minimum atomic E-state index is -0.832. The van der Waals surface area contributed by atoms with Crippen molar-refractivity contribution in [3.63, 3.8) is 0 Å².